The van der Waals surface area contributed by atoms with Crippen molar-refractivity contribution in [2.24, 2.45) is 5.73 Å². The first-order valence-corrected chi connectivity index (χ1v) is 5.75. The smallest absolute Gasteiger partial charge is 0.252 e. The van der Waals surface area contributed by atoms with Crippen LogP contribution in [-0.4, -0.2) is 19.0 Å². The maximum Gasteiger partial charge on any atom is 0.252 e. The Labute approximate surface area is 114 Å². The molecule has 0 aliphatic rings. The van der Waals surface area contributed by atoms with Crippen molar-refractivity contribution in [3.8, 4) is 0 Å². The third-order valence-electron chi connectivity index (χ3n) is 1.84. The van der Waals surface area contributed by atoms with Crippen molar-refractivity contribution < 1.29 is 4.79 Å². The zero-order valence-electron chi connectivity index (χ0n) is 8.50. The van der Waals surface area contributed by atoms with Gasteiger partial charge in [-0.2, -0.15) is 0 Å². The van der Waals surface area contributed by atoms with Crippen molar-refractivity contribution in [2.75, 3.05) is 13.1 Å². The molecule has 0 saturated carbocycles. The van der Waals surface area contributed by atoms with Gasteiger partial charge < -0.3 is 11.1 Å². The molecule has 16 heavy (non-hydrogen) atoms. The van der Waals surface area contributed by atoms with E-state index >= 15 is 0 Å². The largest absolute Gasteiger partial charge is 0.352 e. The molecule has 0 fully saturated rings. The van der Waals surface area contributed by atoms with Crippen LogP contribution in [0, 0.1) is 0 Å². The second kappa shape index (κ2) is 7.90. The monoisotopic (exact) mass is 326 g/mol. The summed E-state index contributed by atoms with van der Waals surface area (Å²) in [7, 11) is 0. The van der Waals surface area contributed by atoms with Crippen LogP contribution in [0.25, 0.3) is 0 Å². The summed E-state index contributed by atoms with van der Waals surface area (Å²) in [4.78, 5) is 11.6. The van der Waals surface area contributed by atoms with Gasteiger partial charge in [0.05, 0.1) is 10.6 Å². The molecule has 0 bridgehead atoms. The van der Waals surface area contributed by atoms with Crippen LogP contribution in [0.4, 0.5) is 0 Å². The Bertz CT molecular complexity index is 361. The molecule has 0 aromatic heterocycles. The van der Waals surface area contributed by atoms with Crippen molar-refractivity contribution >= 4 is 45.8 Å². The van der Waals surface area contributed by atoms with E-state index in [1.165, 1.54) is 0 Å². The van der Waals surface area contributed by atoms with Gasteiger partial charge in [0.2, 0.25) is 0 Å². The van der Waals surface area contributed by atoms with Gasteiger partial charge in [-0.15, -0.1) is 12.4 Å². The fraction of sp³-hybridized carbons (Fsp3) is 0.300. The Morgan fingerprint density at radius 1 is 1.50 bits per heavy atom. The molecule has 1 rings (SSSR count). The summed E-state index contributed by atoms with van der Waals surface area (Å²) >= 11 is 9.19. The molecule has 0 atom stereocenters. The number of rotatable bonds is 4. The van der Waals surface area contributed by atoms with Gasteiger partial charge in [-0.05, 0) is 31.2 Å². The predicted octanol–water partition coefficient (Wildman–Crippen LogP) is 2.60. The van der Waals surface area contributed by atoms with E-state index in [4.69, 9.17) is 17.3 Å². The summed E-state index contributed by atoms with van der Waals surface area (Å²) in [6.07, 6.45) is 0.761. The van der Waals surface area contributed by atoms with Crippen LogP contribution < -0.4 is 11.1 Å². The fourth-order valence-corrected chi connectivity index (χ4v) is 1.64. The maximum absolute atomic E-state index is 11.6. The maximum atomic E-state index is 11.6. The highest BCUT2D eigenvalue weighted by Gasteiger charge is 2.09. The van der Waals surface area contributed by atoms with Crippen LogP contribution in [0.15, 0.2) is 22.7 Å². The lowest BCUT2D eigenvalue weighted by molar-refractivity contribution is 0.0953. The van der Waals surface area contributed by atoms with E-state index in [0.717, 1.165) is 10.9 Å². The predicted molar refractivity (Wildman–Crippen MR) is 72.4 cm³/mol. The van der Waals surface area contributed by atoms with Gasteiger partial charge in [0.15, 0.2) is 0 Å². The van der Waals surface area contributed by atoms with Gasteiger partial charge >= 0.3 is 0 Å². The van der Waals surface area contributed by atoms with Gasteiger partial charge in [0.1, 0.15) is 0 Å². The van der Waals surface area contributed by atoms with Crippen molar-refractivity contribution in [1.82, 2.24) is 5.32 Å². The molecule has 1 aromatic carbocycles. The molecule has 3 N–H and O–H groups in total. The summed E-state index contributed by atoms with van der Waals surface area (Å²) in [6, 6.07) is 5.17. The van der Waals surface area contributed by atoms with Crippen molar-refractivity contribution in [2.45, 2.75) is 6.42 Å². The Morgan fingerprint density at radius 2 is 2.19 bits per heavy atom. The molecule has 0 aliphatic carbocycles. The molecule has 0 aliphatic heterocycles. The van der Waals surface area contributed by atoms with Gasteiger partial charge in [-0.1, -0.05) is 27.5 Å². The first-order valence-electron chi connectivity index (χ1n) is 4.58. The van der Waals surface area contributed by atoms with Crippen molar-refractivity contribution in [3.63, 3.8) is 0 Å². The summed E-state index contributed by atoms with van der Waals surface area (Å²) in [5.74, 6) is -0.172. The lowest BCUT2D eigenvalue weighted by Gasteiger charge is -2.06. The zero-order chi connectivity index (χ0) is 11.3. The second-order valence-electron chi connectivity index (χ2n) is 3.02. The standard InChI is InChI=1S/C10H12BrClN2O.ClH/c11-7-2-3-9(12)8(6-7)10(15)14-5-1-4-13;/h2-3,6H,1,4-5,13H2,(H,14,15);1H. The number of nitrogens with one attached hydrogen (secondary N) is 1. The molecular weight excluding hydrogens is 315 g/mol. The van der Waals surface area contributed by atoms with E-state index in [9.17, 15) is 4.79 Å². The Kier molecular flexibility index (Phi) is 7.76. The van der Waals surface area contributed by atoms with Crippen LogP contribution in [-0.2, 0) is 0 Å². The minimum atomic E-state index is -0.172. The average molecular weight is 328 g/mol. The van der Waals surface area contributed by atoms with Crippen LogP contribution in [0.5, 0.6) is 0 Å². The van der Waals surface area contributed by atoms with Crippen LogP contribution in [0.3, 0.4) is 0 Å². The highest BCUT2D eigenvalue weighted by Crippen LogP contribution is 2.20. The lowest BCUT2D eigenvalue weighted by Crippen LogP contribution is -2.26. The molecule has 6 heteroatoms. The number of carbonyl (C=O) groups excluding carboxylic acids is 1. The zero-order valence-corrected chi connectivity index (χ0v) is 11.7. The van der Waals surface area contributed by atoms with E-state index in [1.54, 1.807) is 18.2 Å². The summed E-state index contributed by atoms with van der Waals surface area (Å²) in [6.45, 7) is 1.13. The first kappa shape index (κ1) is 15.7. The topological polar surface area (TPSA) is 55.1 Å². The Balaban J connectivity index is 0.00000225. The quantitative estimate of drug-likeness (QED) is 0.835. The molecule has 0 spiro atoms. The highest BCUT2D eigenvalue weighted by molar-refractivity contribution is 9.10. The van der Waals surface area contributed by atoms with Crippen molar-refractivity contribution in [3.05, 3.63) is 33.3 Å². The van der Waals surface area contributed by atoms with E-state index in [1.807, 2.05) is 0 Å². The van der Waals surface area contributed by atoms with Crippen LogP contribution >= 0.6 is 39.9 Å². The molecule has 0 saturated heterocycles. The van der Waals surface area contributed by atoms with Crippen molar-refractivity contribution in [1.29, 1.82) is 0 Å². The molecule has 90 valence electrons. The lowest BCUT2D eigenvalue weighted by atomic mass is 10.2. The van der Waals surface area contributed by atoms with Crippen LogP contribution in [0.1, 0.15) is 16.8 Å². The van der Waals surface area contributed by atoms with E-state index in [2.05, 4.69) is 21.2 Å². The number of nitrogens with two attached hydrogens (primary N) is 1. The number of amides is 1. The molecule has 0 heterocycles. The fourth-order valence-electron chi connectivity index (χ4n) is 1.07. The second-order valence-corrected chi connectivity index (χ2v) is 4.35. The van der Waals surface area contributed by atoms with Gasteiger partial charge in [-0.25, -0.2) is 0 Å². The average Bonchev–Trinajstić information content (AvgIpc) is 2.22. The normalized spacial score (nSPS) is 9.44. The summed E-state index contributed by atoms with van der Waals surface area (Å²) < 4.78 is 0.830. The van der Waals surface area contributed by atoms with Gasteiger partial charge in [-0.3, -0.25) is 4.79 Å². The Hall–Kier alpha value is -0.290. The minimum Gasteiger partial charge on any atom is -0.352 e. The molecular formula is C10H13BrCl2N2O. The van der Waals surface area contributed by atoms with Gasteiger partial charge in [0.25, 0.3) is 5.91 Å². The number of halogens is 3. The highest BCUT2D eigenvalue weighted by atomic mass is 79.9. The minimum absolute atomic E-state index is 0. The molecule has 0 radical (unpaired) electrons. The SMILES string of the molecule is Cl.NCCCNC(=O)c1cc(Br)ccc1Cl. The van der Waals surface area contributed by atoms with Gasteiger partial charge in [0, 0.05) is 11.0 Å². The van der Waals surface area contributed by atoms with E-state index in [-0.39, 0.29) is 18.3 Å². The van der Waals surface area contributed by atoms with Crippen LogP contribution in [0.2, 0.25) is 5.02 Å². The number of carbonyl (C=O) groups is 1. The number of benzene rings is 1. The molecule has 1 amide bonds. The third kappa shape index (κ3) is 4.70. The molecule has 0 unspecified atom stereocenters. The molecule has 3 nitrogen and oxygen atoms in total. The third-order valence-corrected chi connectivity index (χ3v) is 2.66. The Morgan fingerprint density at radius 3 is 2.81 bits per heavy atom. The van der Waals surface area contributed by atoms with E-state index in [0.29, 0.717) is 23.7 Å². The first-order chi connectivity index (χ1) is 7.15. The summed E-state index contributed by atoms with van der Waals surface area (Å²) in [5.41, 5.74) is 5.80. The van der Waals surface area contributed by atoms with E-state index < -0.39 is 0 Å². The number of hydrogen-bond donors (Lipinski definition) is 2. The molecule has 1 aromatic rings. The number of hydrogen-bond acceptors (Lipinski definition) is 2. The summed E-state index contributed by atoms with van der Waals surface area (Å²) in [5, 5.41) is 3.19.